The first-order valence-corrected chi connectivity index (χ1v) is 6.56. The lowest BCUT2D eigenvalue weighted by Crippen LogP contribution is -2.16. The van der Waals surface area contributed by atoms with Crippen LogP contribution in [-0.4, -0.2) is 22.3 Å². The Morgan fingerprint density at radius 1 is 1.26 bits per heavy atom. The molecule has 5 heteroatoms. The highest BCUT2D eigenvalue weighted by molar-refractivity contribution is 6.28. The molecule has 1 aromatic carbocycles. The predicted octanol–water partition coefficient (Wildman–Crippen LogP) is 2.56. The Hall–Kier alpha value is -1.94. The van der Waals surface area contributed by atoms with Gasteiger partial charge in [0.25, 0.3) is 0 Å². The number of carbonyl (C=O) groups is 1. The quantitative estimate of drug-likeness (QED) is 0.691. The molecule has 2 aliphatic heterocycles. The fraction of sp³-hybridized carbons (Fsp3) is 0.214. The first-order valence-electron chi connectivity index (χ1n) is 6.18. The van der Waals surface area contributed by atoms with Crippen LogP contribution < -0.4 is 4.90 Å². The third-order valence-corrected chi connectivity index (χ3v) is 3.90. The van der Waals surface area contributed by atoms with Crippen molar-refractivity contribution in [3.05, 3.63) is 46.4 Å². The molecule has 0 atom stereocenters. The molecule has 0 aliphatic carbocycles. The number of halogens is 1. The number of nitrogens with zero attached hydrogens (tertiary/aromatic N) is 3. The van der Waals surface area contributed by atoms with Crippen LogP contribution in [0.1, 0.15) is 21.5 Å². The highest BCUT2D eigenvalue weighted by atomic mass is 35.5. The van der Waals surface area contributed by atoms with Gasteiger partial charge >= 0.3 is 0 Å². The summed E-state index contributed by atoms with van der Waals surface area (Å²) in [6, 6.07) is 5.91. The van der Waals surface area contributed by atoms with Gasteiger partial charge in [0, 0.05) is 30.3 Å². The molecule has 19 heavy (non-hydrogen) atoms. The number of aromatic nitrogens is 2. The van der Waals surface area contributed by atoms with Gasteiger partial charge in [-0.15, -0.1) is 0 Å². The van der Waals surface area contributed by atoms with Crippen LogP contribution in [0.15, 0.2) is 24.4 Å². The molecule has 0 spiro atoms. The average molecular weight is 272 g/mol. The van der Waals surface area contributed by atoms with E-state index in [1.807, 2.05) is 12.1 Å². The van der Waals surface area contributed by atoms with Gasteiger partial charge in [-0.1, -0.05) is 12.1 Å². The number of Topliss-reactive ketones (excluding diaryl/α,β-unsaturated/α-hetero) is 1. The summed E-state index contributed by atoms with van der Waals surface area (Å²) < 4.78 is 0. The molecule has 0 radical (unpaired) electrons. The highest BCUT2D eigenvalue weighted by Gasteiger charge is 2.32. The van der Waals surface area contributed by atoms with Crippen LogP contribution in [0.5, 0.6) is 0 Å². The summed E-state index contributed by atoms with van der Waals surface area (Å²) in [6.45, 7) is 0.833. The lowest BCUT2D eigenvalue weighted by Gasteiger charge is -2.19. The summed E-state index contributed by atoms with van der Waals surface area (Å²) in [7, 11) is 0. The zero-order valence-electron chi connectivity index (χ0n) is 10.1. The second kappa shape index (κ2) is 3.78. The Labute approximate surface area is 115 Å². The van der Waals surface area contributed by atoms with Crippen molar-refractivity contribution in [1.29, 1.82) is 0 Å². The second-order valence-corrected chi connectivity index (χ2v) is 5.14. The molecule has 0 fully saturated rings. The molecule has 4 nitrogen and oxygen atoms in total. The van der Waals surface area contributed by atoms with E-state index in [1.54, 1.807) is 6.20 Å². The van der Waals surface area contributed by atoms with Gasteiger partial charge in [-0.05, 0) is 29.7 Å². The normalized spacial score (nSPS) is 16.1. The van der Waals surface area contributed by atoms with Crippen molar-refractivity contribution in [3.63, 3.8) is 0 Å². The summed E-state index contributed by atoms with van der Waals surface area (Å²) in [5, 5.41) is 0.221. The molecule has 0 saturated carbocycles. The van der Waals surface area contributed by atoms with Crippen LogP contribution in [0.3, 0.4) is 0 Å². The minimum absolute atomic E-state index is 0.119. The molecule has 4 rings (SSSR count). The van der Waals surface area contributed by atoms with E-state index in [0.717, 1.165) is 35.6 Å². The first kappa shape index (κ1) is 10.9. The Morgan fingerprint density at radius 2 is 2.16 bits per heavy atom. The van der Waals surface area contributed by atoms with Crippen LogP contribution in [0.4, 0.5) is 11.5 Å². The topological polar surface area (TPSA) is 46.1 Å². The van der Waals surface area contributed by atoms with Crippen molar-refractivity contribution < 1.29 is 4.79 Å². The molecular weight excluding hydrogens is 262 g/mol. The third-order valence-electron chi connectivity index (χ3n) is 3.71. The lowest BCUT2D eigenvalue weighted by molar-refractivity contribution is 0.0994. The number of hydrogen-bond acceptors (Lipinski definition) is 4. The number of rotatable bonds is 0. The largest absolute Gasteiger partial charge is 0.325 e. The zero-order chi connectivity index (χ0) is 13.0. The number of fused-ring (bicyclic) bond motifs is 2. The van der Waals surface area contributed by atoms with Crippen LogP contribution in [0.25, 0.3) is 0 Å². The molecule has 0 saturated heterocycles. The summed E-state index contributed by atoms with van der Waals surface area (Å²) >= 11 is 5.90. The number of hydrogen-bond donors (Lipinski definition) is 0. The van der Waals surface area contributed by atoms with E-state index in [1.165, 1.54) is 5.56 Å². The Morgan fingerprint density at radius 3 is 3.05 bits per heavy atom. The first-order chi connectivity index (χ1) is 9.24. The summed E-state index contributed by atoms with van der Waals surface area (Å²) in [5.74, 6) is 0.894. The molecule has 1 aromatic heterocycles. The van der Waals surface area contributed by atoms with E-state index in [0.29, 0.717) is 6.42 Å². The highest BCUT2D eigenvalue weighted by Crippen LogP contribution is 2.41. The Kier molecular flexibility index (Phi) is 2.17. The Balaban J connectivity index is 2.03. The minimum atomic E-state index is 0.119. The molecule has 0 amide bonds. The van der Waals surface area contributed by atoms with E-state index in [2.05, 4.69) is 20.9 Å². The summed E-state index contributed by atoms with van der Waals surface area (Å²) in [5.41, 5.74) is 3.83. The van der Waals surface area contributed by atoms with Crippen molar-refractivity contribution >= 4 is 28.9 Å². The molecule has 0 N–H and O–H groups in total. The SMILES string of the molecule is O=C1Cc2cnc(Cl)nc2N2CCc3cccc1c32. The van der Waals surface area contributed by atoms with Crippen LogP contribution in [-0.2, 0) is 12.8 Å². The third kappa shape index (κ3) is 1.50. The van der Waals surface area contributed by atoms with Gasteiger partial charge in [0.15, 0.2) is 5.78 Å². The molecule has 0 unspecified atom stereocenters. The zero-order valence-corrected chi connectivity index (χ0v) is 10.8. The van der Waals surface area contributed by atoms with E-state index < -0.39 is 0 Å². The van der Waals surface area contributed by atoms with Gasteiger partial charge in [-0.3, -0.25) is 4.79 Å². The summed E-state index contributed by atoms with van der Waals surface area (Å²) in [6.07, 6.45) is 2.92. The van der Waals surface area contributed by atoms with Gasteiger partial charge < -0.3 is 4.90 Å². The van der Waals surface area contributed by atoms with E-state index >= 15 is 0 Å². The number of ketones is 1. The molecule has 3 heterocycles. The fourth-order valence-corrected chi connectivity index (χ4v) is 3.03. The summed E-state index contributed by atoms with van der Waals surface area (Å²) in [4.78, 5) is 22.8. The number of anilines is 2. The van der Waals surface area contributed by atoms with Gasteiger partial charge in [0.2, 0.25) is 5.28 Å². The van der Waals surface area contributed by atoms with Crippen LogP contribution in [0.2, 0.25) is 5.28 Å². The lowest BCUT2D eigenvalue weighted by atomic mass is 10.0. The monoisotopic (exact) mass is 271 g/mol. The average Bonchev–Trinajstić information content (AvgIpc) is 2.79. The maximum Gasteiger partial charge on any atom is 0.224 e. The molecule has 2 aliphatic rings. The van der Waals surface area contributed by atoms with Gasteiger partial charge in [-0.2, -0.15) is 4.98 Å². The van der Waals surface area contributed by atoms with Crippen molar-refractivity contribution in [2.24, 2.45) is 0 Å². The van der Waals surface area contributed by atoms with Crippen molar-refractivity contribution in [3.8, 4) is 0 Å². The number of carbonyl (C=O) groups excluding carboxylic acids is 1. The Bertz CT molecular complexity index is 714. The smallest absolute Gasteiger partial charge is 0.224 e. The van der Waals surface area contributed by atoms with E-state index in [4.69, 9.17) is 11.6 Å². The molecule has 2 aromatic rings. The van der Waals surface area contributed by atoms with Crippen molar-refractivity contribution in [2.75, 3.05) is 11.4 Å². The van der Waals surface area contributed by atoms with Crippen LogP contribution >= 0.6 is 11.6 Å². The van der Waals surface area contributed by atoms with Gasteiger partial charge in [0.05, 0.1) is 5.69 Å². The van der Waals surface area contributed by atoms with Crippen molar-refractivity contribution in [2.45, 2.75) is 12.8 Å². The van der Waals surface area contributed by atoms with Gasteiger partial charge in [0.1, 0.15) is 5.82 Å². The fourth-order valence-electron chi connectivity index (χ4n) is 2.90. The van der Waals surface area contributed by atoms with Gasteiger partial charge in [-0.25, -0.2) is 4.98 Å². The molecule has 0 bridgehead atoms. The maximum atomic E-state index is 12.4. The number of benzene rings is 1. The molecule has 94 valence electrons. The molecular formula is C14H10ClN3O. The van der Waals surface area contributed by atoms with E-state index in [-0.39, 0.29) is 11.1 Å². The predicted molar refractivity (Wildman–Crippen MR) is 72.2 cm³/mol. The van der Waals surface area contributed by atoms with Crippen LogP contribution in [0, 0.1) is 0 Å². The maximum absolute atomic E-state index is 12.4. The van der Waals surface area contributed by atoms with Crippen molar-refractivity contribution in [1.82, 2.24) is 9.97 Å². The second-order valence-electron chi connectivity index (χ2n) is 4.80. The number of para-hydroxylation sites is 1. The minimum Gasteiger partial charge on any atom is -0.325 e. The standard InChI is InChI=1S/C14H10ClN3O/c15-14-16-7-9-6-11(19)10-3-1-2-8-4-5-18(12(8)10)13(9)17-14/h1-3,7H,4-6H2. The van der Waals surface area contributed by atoms with E-state index in [9.17, 15) is 4.79 Å².